The van der Waals surface area contributed by atoms with Crippen LogP contribution in [0.5, 0.6) is 0 Å². The van der Waals surface area contributed by atoms with Gasteiger partial charge in [-0.25, -0.2) is 13.4 Å². The molecule has 0 saturated heterocycles. The van der Waals surface area contributed by atoms with Crippen molar-refractivity contribution < 1.29 is 8.42 Å². The van der Waals surface area contributed by atoms with Gasteiger partial charge in [-0.2, -0.15) is 0 Å². The van der Waals surface area contributed by atoms with Crippen LogP contribution in [0.15, 0.2) is 41.4 Å². The normalized spacial score (nSPS) is 11.2. The second-order valence-electron chi connectivity index (χ2n) is 3.86. The zero-order valence-electron chi connectivity index (χ0n) is 10.4. The quantitative estimate of drug-likeness (QED) is 0.902. The first-order chi connectivity index (χ1) is 9.42. The van der Waals surface area contributed by atoms with E-state index in [0.29, 0.717) is 10.0 Å². The molecule has 0 aliphatic carbocycles. The van der Waals surface area contributed by atoms with Crippen molar-refractivity contribution in [3.63, 3.8) is 0 Å². The van der Waals surface area contributed by atoms with E-state index >= 15 is 0 Å². The van der Waals surface area contributed by atoms with Crippen LogP contribution in [-0.2, 0) is 10.0 Å². The number of rotatable bonds is 4. The summed E-state index contributed by atoms with van der Waals surface area (Å²) < 4.78 is 27.1. The molecule has 0 fully saturated rings. The van der Waals surface area contributed by atoms with E-state index in [2.05, 4.69) is 15.0 Å². The Morgan fingerprint density at radius 1 is 1.15 bits per heavy atom. The Morgan fingerprint density at radius 3 is 2.40 bits per heavy atom. The zero-order chi connectivity index (χ0) is 14.8. The molecule has 20 heavy (non-hydrogen) atoms. The lowest BCUT2D eigenvalue weighted by Crippen LogP contribution is -2.15. The predicted molar refractivity (Wildman–Crippen MR) is 81.1 cm³/mol. The minimum Gasteiger partial charge on any atom is -0.372 e. The molecule has 0 saturated carbocycles. The summed E-state index contributed by atoms with van der Waals surface area (Å²) in [7, 11) is -2.19. The molecule has 1 aromatic carbocycles. The van der Waals surface area contributed by atoms with Crippen LogP contribution in [0.4, 0.5) is 11.5 Å². The van der Waals surface area contributed by atoms with Crippen molar-refractivity contribution in [3.05, 3.63) is 46.6 Å². The highest BCUT2D eigenvalue weighted by molar-refractivity contribution is 7.92. The lowest BCUT2D eigenvalue weighted by atomic mass is 10.3. The van der Waals surface area contributed by atoms with E-state index in [1.807, 2.05) is 0 Å². The van der Waals surface area contributed by atoms with Gasteiger partial charge in [0.05, 0.1) is 5.69 Å². The molecule has 106 valence electrons. The van der Waals surface area contributed by atoms with Crippen molar-refractivity contribution in [2.24, 2.45) is 0 Å². The first-order valence-corrected chi connectivity index (χ1v) is 7.78. The van der Waals surface area contributed by atoms with E-state index in [1.165, 1.54) is 30.5 Å². The number of nitrogens with one attached hydrogen (secondary N) is 2. The molecule has 8 heteroatoms. The summed E-state index contributed by atoms with van der Waals surface area (Å²) in [6.45, 7) is 0. The molecule has 5 nitrogen and oxygen atoms in total. The van der Waals surface area contributed by atoms with Crippen molar-refractivity contribution in [2.45, 2.75) is 4.90 Å². The molecule has 0 amide bonds. The SMILES string of the molecule is CNc1ncccc1S(=O)(=O)Nc1cc(Cl)cc(Cl)c1. The van der Waals surface area contributed by atoms with Gasteiger partial charge in [-0.1, -0.05) is 23.2 Å². The van der Waals surface area contributed by atoms with Gasteiger partial charge in [0.15, 0.2) is 0 Å². The molecule has 0 aliphatic rings. The van der Waals surface area contributed by atoms with Crippen LogP contribution in [0.25, 0.3) is 0 Å². The van der Waals surface area contributed by atoms with Gasteiger partial charge >= 0.3 is 0 Å². The maximum absolute atomic E-state index is 12.3. The third kappa shape index (κ3) is 3.33. The maximum Gasteiger partial charge on any atom is 0.265 e. The van der Waals surface area contributed by atoms with Crippen molar-refractivity contribution in [2.75, 3.05) is 17.1 Å². The largest absolute Gasteiger partial charge is 0.372 e. The highest BCUT2D eigenvalue weighted by atomic mass is 35.5. The number of nitrogens with zero attached hydrogens (tertiary/aromatic N) is 1. The molecule has 1 heterocycles. The molecule has 0 atom stereocenters. The number of pyridine rings is 1. The first kappa shape index (κ1) is 14.9. The molecule has 1 aromatic heterocycles. The molecule has 2 aromatic rings. The van der Waals surface area contributed by atoms with Gasteiger partial charge in [0.25, 0.3) is 10.0 Å². The number of hydrogen-bond donors (Lipinski definition) is 2. The van der Waals surface area contributed by atoms with E-state index in [-0.39, 0.29) is 16.4 Å². The Balaban J connectivity index is 2.41. The van der Waals surface area contributed by atoms with Gasteiger partial charge in [0.2, 0.25) is 0 Å². The summed E-state index contributed by atoms with van der Waals surface area (Å²) >= 11 is 11.7. The van der Waals surface area contributed by atoms with Crippen LogP contribution in [-0.4, -0.2) is 20.4 Å². The number of halogens is 2. The number of anilines is 2. The van der Waals surface area contributed by atoms with Crippen molar-refractivity contribution in [3.8, 4) is 0 Å². The van der Waals surface area contributed by atoms with Gasteiger partial charge < -0.3 is 5.32 Å². The van der Waals surface area contributed by atoms with Crippen LogP contribution in [0.3, 0.4) is 0 Å². The number of sulfonamides is 1. The maximum atomic E-state index is 12.3. The molecule has 0 aliphatic heterocycles. The number of aromatic nitrogens is 1. The number of benzene rings is 1. The monoisotopic (exact) mass is 331 g/mol. The Kier molecular flexibility index (Phi) is 4.37. The number of hydrogen-bond acceptors (Lipinski definition) is 4. The zero-order valence-corrected chi connectivity index (χ0v) is 12.7. The predicted octanol–water partition coefficient (Wildman–Crippen LogP) is 3.23. The van der Waals surface area contributed by atoms with Crippen LogP contribution in [0, 0.1) is 0 Å². The van der Waals surface area contributed by atoms with E-state index < -0.39 is 10.0 Å². The van der Waals surface area contributed by atoms with Crippen LogP contribution < -0.4 is 10.0 Å². The summed E-state index contributed by atoms with van der Waals surface area (Å²) in [5, 5.41) is 3.41. The summed E-state index contributed by atoms with van der Waals surface area (Å²) in [6.07, 6.45) is 1.50. The Morgan fingerprint density at radius 2 is 1.80 bits per heavy atom. The summed E-state index contributed by atoms with van der Waals surface area (Å²) in [5.41, 5.74) is 0.286. The van der Waals surface area contributed by atoms with Crippen molar-refractivity contribution >= 4 is 44.7 Å². The molecular formula is C12H11Cl2N3O2S. The first-order valence-electron chi connectivity index (χ1n) is 5.54. The van der Waals surface area contributed by atoms with Gasteiger partial charge in [0.1, 0.15) is 10.7 Å². The smallest absolute Gasteiger partial charge is 0.265 e. The average molecular weight is 332 g/mol. The van der Waals surface area contributed by atoms with Crippen LogP contribution in [0.2, 0.25) is 10.0 Å². The van der Waals surface area contributed by atoms with E-state index in [9.17, 15) is 8.42 Å². The second kappa shape index (κ2) is 5.87. The molecule has 0 radical (unpaired) electrons. The summed E-state index contributed by atoms with van der Waals surface area (Å²) in [6, 6.07) is 7.46. The lowest BCUT2D eigenvalue weighted by molar-refractivity contribution is 0.601. The molecular weight excluding hydrogens is 321 g/mol. The van der Waals surface area contributed by atoms with E-state index in [4.69, 9.17) is 23.2 Å². The van der Waals surface area contributed by atoms with E-state index in [1.54, 1.807) is 13.1 Å². The summed E-state index contributed by atoms with van der Waals surface area (Å²) in [5.74, 6) is 0.258. The molecule has 0 unspecified atom stereocenters. The lowest BCUT2D eigenvalue weighted by Gasteiger charge is -2.11. The minimum atomic E-state index is -3.78. The molecule has 2 rings (SSSR count). The summed E-state index contributed by atoms with van der Waals surface area (Å²) in [4.78, 5) is 4.00. The fourth-order valence-corrected chi connectivity index (χ4v) is 3.35. The standard InChI is InChI=1S/C12H11Cl2N3O2S/c1-15-12-11(3-2-4-16-12)20(18,19)17-10-6-8(13)5-9(14)7-10/h2-7,17H,1H3,(H,15,16). The van der Waals surface area contributed by atoms with E-state index in [0.717, 1.165) is 0 Å². The van der Waals surface area contributed by atoms with Gasteiger partial charge in [-0.15, -0.1) is 0 Å². The minimum absolute atomic E-state index is 0.0404. The highest BCUT2D eigenvalue weighted by Gasteiger charge is 2.19. The fraction of sp³-hybridized carbons (Fsp3) is 0.0833. The highest BCUT2D eigenvalue weighted by Crippen LogP contribution is 2.26. The third-order valence-electron chi connectivity index (χ3n) is 2.41. The Hall–Kier alpha value is -1.50. The van der Waals surface area contributed by atoms with Gasteiger partial charge in [-0.05, 0) is 30.3 Å². The van der Waals surface area contributed by atoms with Crippen molar-refractivity contribution in [1.82, 2.24) is 4.98 Å². The Labute approximate surface area is 127 Å². The second-order valence-corrected chi connectivity index (χ2v) is 6.39. The van der Waals surface area contributed by atoms with Crippen molar-refractivity contribution in [1.29, 1.82) is 0 Å². The van der Waals surface area contributed by atoms with Gasteiger partial charge in [0, 0.05) is 23.3 Å². The fourth-order valence-electron chi connectivity index (χ4n) is 1.62. The Bertz CT molecular complexity index is 715. The van der Waals surface area contributed by atoms with Crippen LogP contribution >= 0.6 is 23.2 Å². The average Bonchev–Trinajstić information content (AvgIpc) is 2.36. The molecule has 0 spiro atoms. The molecule has 2 N–H and O–H groups in total. The van der Waals surface area contributed by atoms with Crippen LogP contribution in [0.1, 0.15) is 0 Å². The topological polar surface area (TPSA) is 71.1 Å². The third-order valence-corrected chi connectivity index (χ3v) is 4.26. The molecule has 0 bridgehead atoms. The van der Waals surface area contributed by atoms with Gasteiger partial charge in [-0.3, -0.25) is 4.72 Å².